The molecule has 6 rings (SSSR count). The Morgan fingerprint density at radius 3 is 2.47 bits per heavy atom. The fourth-order valence-corrected chi connectivity index (χ4v) is 5.71. The number of imidazole rings is 1. The average Bonchev–Trinajstić information content (AvgIpc) is 3.26. The van der Waals surface area contributed by atoms with Gasteiger partial charge in [-0.1, -0.05) is 78.9 Å². The maximum atomic E-state index is 2.46. The number of aryl methyl sites for hydroxylation is 2. The van der Waals surface area contributed by atoms with Crippen LogP contribution in [0.15, 0.2) is 97.4 Å². The van der Waals surface area contributed by atoms with E-state index in [2.05, 4.69) is 132 Å². The lowest BCUT2D eigenvalue weighted by atomic mass is 9.58. The number of aromatic nitrogens is 2. The first-order valence-electron chi connectivity index (χ1n) is 12.1. The minimum Gasteiger partial charge on any atom is -0.372 e. The lowest BCUT2D eigenvalue weighted by Gasteiger charge is -2.33. The molecule has 0 fully saturated rings. The standard InChI is InChI=1S/C30H29BN3/c1-22-12-10-19-27-28(22)30-32(2)20-21-34(30)31(33(27)3)29-25(23-13-6-4-7-14-23)17-11-18-26(29)24-15-8-5-9-16-24/h4-8,10-15,17-21H,9,16H2,1-3H3/q+1. The molecule has 2 aliphatic rings. The van der Waals surface area contributed by atoms with E-state index in [4.69, 9.17) is 0 Å². The Balaban J connectivity index is 1.67. The Kier molecular flexibility index (Phi) is 5.02. The first-order chi connectivity index (χ1) is 16.6. The number of hydrogen-bond acceptors (Lipinski definition) is 1. The van der Waals surface area contributed by atoms with Crippen molar-refractivity contribution >= 4 is 23.7 Å². The fraction of sp³-hybridized carbons (Fsp3) is 0.167. The highest BCUT2D eigenvalue weighted by Gasteiger charge is 2.45. The number of allylic oxidation sites excluding steroid dienone is 4. The second-order valence-corrected chi connectivity index (χ2v) is 9.39. The summed E-state index contributed by atoms with van der Waals surface area (Å²) in [5.41, 5.74) is 10.6. The van der Waals surface area contributed by atoms with Crippen LogP contribution in [0.3, 0.4) is 0 Å². The zero-order chi connectivity index (χ0) is 23.2. The molecule has 34 heavy (non-hydrogen) atoms. The molecule has 0 spiro atoms. The number of fused-ring (bicyclic) bond motifs is 3. The third-order valence-corrected chi connectivity index (χ3v) is 7.32. The maximum absolute atomic E-state index is 2.46. The first-order valence-corrected chi connectivity index (χ1v) is 12.1. The van der Waals surface area contributed by atoms with Crippen molar-refractivity contribution in [1.82, 2.24) is 4.57 Å². The zero-order valence-electron chi connectivity index (χ0n) is 20.1. The van der Waals surface area contributed by atoms with Gasteiger partial charge in [0, 0.05) is 11.2 Å². The Hall–Kier alpha value is -3.79. The molecule has 166 valence electrons. The fourth-order valence-electron chi connectivity index (χ4n) is 5.71. The summed E-state index contributed by atoms with van der Waals surface area (Å²) < 4.78 is 4.72. The molecule has 0 amide bonds. The number of anilines is 1. The van der Waals surface area contributed by atoms with Crippen LogP contribution in [0.1, 0.15) is 24.0 Å². The summed E-state index contributed by atoms with van der Waals surface area (Å²) >= 11 is 0. The number of benzene rings is 3. The average molecular weight is 442 g/mol. The van der Waals surface area contributed by atoms with Crippen LogP contribution in [0, 0.1) is 6.92 Å². The molecule has 2 heterocycles. The molecule has 4 heteroatoms. The molecule has 0 bridgehead atoms. The first kappa shape index (κ1) is 20.8. The van der Waals surface area contributed by atoms with Gasteiger partial charge in [0.05, 0.1) is 12.6 Å². The highest BCUT2D eigenvalue weighted by atomic mass is 15.2. The Labute approximate surface area is 202 Å². The molecule has 0 radical (unpaired) electrons. The Morgan fingerprint density at radius 2 is 1.68 bits per heavy atom. The van der Waals surface area contributed by atoms with Crippen LogP contribution in [0.4, 0.5) is 5.69 Å². The second kappa shape index (κ2) is 8.21. The van der Waals surface area contributed by atoms with Gasteiger partial charge in [0.15, 0.2) is 0 Å². The van der Waals surface area contributed by atoms with Crippen LogP contribution >= 0.6 is 0 Å². The van der Waals surface area contributed by atoms with Crippen LogP contribution in [0.25, 0.3) is 28.1 Å². The molecule has 0 saturated heterocycles. The Morgan fingerprint density at radius 1 is 0.882 bits per heavy atom. The van der Waals surface area contributed by atoms with Crippen LogP contribution in [-0.2, 0) is 7.05 Å². The van der Waals surface area contributed by atoms with Crippen molar-refractivity contribution in [3.05, 3.63) is 108 Å². The normalized spacial score (nSPS) is 14.6. The summed E-state index contributed by atoms with van der Waals surface area (Å²) in [7, 11) is 4.40. The largest absolute Gasteiger partial charge is 0.538 e. The van der Waals surface area contributed by atoms with E-state index in [0.717, 1.165) is 12.8 Å². The Bertz CT molecular complexity index is 1450. The monoisotopic (exact) mass is 442 g/mol. The maximum Gasteiger partial charge on any atom is 0.538 e. The lowest BCUT2D eigenvalue weighted by molar-refractivity contribution is -0.523. The van der Waals surface area contributed by atoms with Gasteiger partial charge in [0.1, 0.15) is 12.4 Å². The summed E-state index contributed by atoms with van der Waals surface area (Å²) in [6, 6.07) is 24.3. The van der Waals surface area contributed by atoms with Gasteiger partial charge >= 0.3 is 6.98 Å². The van der Waals surface area contributed by atoms with Crippen LogP contribution in [-0.4, -0.2) is 18.6 Å². The molecular formula is C30H29BN3+. The van der Waals surface area contributed by atoms with Gasteiger partial charge in [-0.15, -0.1) is 0 Å². The van der Waals surface area contributed by atoms with Crippen molar-refractivity contribution < 1.29 is 4.48 Å². The van der Waals surface area contributed by atoms with E-state index in [-0.39, 0.29) is 6.98 Å². The molecule has 1 aliphatic heterocycles. The van der Waals surface area contributed by atoms with Gasteiger partial charge in [-0.05, 0) is 60.7 Å². The molecule has 1 aliphatic carbocycles. The lowest BCUT2D eigenvalue weighted by Crippen LogP contribution is -2.70. The number of hydrogen-bond donors (Lipinski definition) is 0. The van der Waals surface area contributed by atoms with Crippen molar-refractivity contribution in [2.24, 2.45) is 7.05 Å². The van der Waals surface area contributed by atoms with E-state index in [0.29, 0.717) is 0 Å². The second-order valence-electron chi connectivity index (χ2n) is 9.39. The van der Waals surface area contributed by atoms with Gasteiger partial charge < -0.3 is 4.81 Å². The molecule has 0 unspecified atom stereocenters. The SMILES string of the molecule is Cc1cccc2c1-c1n(C)cc[n+]1B(c1c(C3=CC=CCC3)cccc1-c1ccccc1)N2C. The van der Waals surface area contributed by atoms with Crippen molar-refractivity contribution in [1.29, 1.82) is 0 Å². The van der Waals surface area contributed by atoms with Gasteiger partial charge in [-0.25, -0.2) is 4.57 Å². The number of nitrogens with zero attached hydrogens (tertiary/aromatic N) is 3. The molecule has 0 saturated carbocycles. The summed E-state index contributed by atoms with van der Waals surface area (Å²) in [4.78, 5) is 2.46. The van der Waals surface area contributed by atoms with Gasteiger partial charge in [0.25, 0.3) is 5.82 Å². The summed E-state index contributed by atoms with van der Waals surface area (Å²) in [5, 5.41) is 0. The van der Waals surface area contributed by atoms with Crippen LogP contribution in [0.2, 0.25) is 0 Å². The van der Waals surface area contributed by atoms with Gasteiger partial charge in [0.2, 0.25) is 0 Å². The molecule has 3 aromatic carbocycles. The summed E-state index contributed by atoms with van der Waals surface area (Å²) in [6.07, 6.45) is 13.4. The van der Waals surface area contributed by atoms with Crippen molar-refractivity contribution in [3.63, 3.8) is 0 Å². The van der Waals surface area contributed by atoms with E-state index in [1.807, 2.05) is 0 Å². The van der Waals surface area contributed by atoms with E-state index in [9.17, 15) is 0 Å². The minimum absolute atomic E-state index is 0.0451. The molecule has 0 atom stereocenters. The summed E-state index contributed by atoms with van der Waals surface area (Å²) in [5.74, 6) is 1.25. The highest BCUT2D eigenvalue weighted by Crippen LogP contribution is 2.36. The predicted octanol–water partition coefficient (Wildman–Crippen LogP) is 5.38. The smallest absolute Gasteiger partial charge is 0.372 e. The molecule has 3 nitrogen and oxygen atoms in total. The quantitative estimate of drug-likeness (QED) is 0.388. The van der Waals surface area contributed by atoms with E-state index >= 15 is 0 Å². The third-order valence-electron chi connectivity index (χ3n) is 7.32. The topological polar surface area (TPSA) is 12.0 Å². The minimum atomic E-state index is 0.0451. The van der Waals surface area contributed by atoms with Crippen LogP contribution in [0.5, 0.6) is 0 Å². The highest BCUT2D eigenvalue weighted by molar-refractivity contribution is 6.72. The van der Waals surface area contributed by atoms with Crippen molar-refractivity contribution in [2.75, 3.05) is 11.9 Å². The zero-order valence-corrected chi connectivity index (χ0v) is 20.1. The summed E-state index contributed by atoms with van der Waals surface area (Å²) in [6.45, 7) is 2.26. The predicted molar refractivity (Wildman–Crippen MR) is 143 cm³/mol. The van der Waals surface area contributed by atoms with E-state index < -0.39 is 0 Å². The van der Waals surface area contributed by atoms with Gasteiger partial charge in [-0.2, -0.15) is 0 Å². The van der Waals surface area contributed by atoms with Gasteiger partial charge in [-0.3, -0.25) is 4.48 Å². The van der Waals surface area contributed by atoms with Crippen LogP contribution < -0.4 is 14.8 Å². The van der Waals surface area contributed by atoms with Crippen molar-refractivity contribution in [2.45, 2.75) is 19.8 Å². The molecule has 4 aromatic rings. The molecular weight excluding hydrogens is 413 g/mol. The molecule has 0 N–H and O–H groups in total. The number of rotatable bonds is 3. The van der Waals surface area contributed by atoms with E-state index in [1.54, 1.807) is 0 Å². The third kappa shape index (κ3) is 3.17. The molecule has 1 aromatic heterocycles. The van der Waals surface area contributed by atoms with Crippen molar-refractivity contribution in [3.8, 4) is 22.5 Å². The van der Waals surface area contributed by atoms with E-state index in [1.165, 1.54) is 50.4 Å².